The van der Waals surface area contributed by atoms with Crippen molar-refractivity contribution in [2.24, 2.45) is 0 Å². The van der Waals surface area contributed by atoms with Gasteiger partial charge in [-0.2, -0.15) is 0 Å². The Hall–Kier alpha value is -2.00. The second kappa shape index (κ2) is 6.19. The molecule has 3 rings (SSSR count). The largest absolute Gasteiger partial charge is 0.300 e. The van der Waals surface area contributed by atoms with Gasteiger partial charge in [0.1, 0.15) is 5.78 Å². The van der Waals surface area contributed by atoms with Crippen molar-refractivity contribution in [1.29, 1.82) is 0 Å². The lowest BCUT2D eigenvalue weighted by Crippen LogP contribution is -2.38. The van der Waals surface area contributed by atoms with Crippen LogP contribution in [0.2, 0.25) is 0 Å². The highest BCUT2D eigenvalue weighted by atomic mass is 16.1. The molecule has 2 unspecified atom stereocenters. The minimum absolute atomic E-state index is 0.134. The monoisotopic (exact) mass is 280 g/mol. The summed E-state index contributed by atoms with van der Waals surface area (Å²) in [4.78, 5) is 18.5. The lowest BCUT2D eigenvalue weighted by Gasteiger charge is -2.39. The van der Waals surface area contributed by atoms with E-state index in [1.54, 1.807) is 6.20 Å². The highest BCUT2D eigenvalue weighted by molar-refractivity contribution is 5.80. The molecule has 108 valence electrons. The minimum atomic E-state index is 0.134. The van der Waals surface area contributed by atoms with Crippen molar-refractivity contribution in [2.45, 2.75) is 31.8 Å². The molecule has 2 aromatic rings. The van der Waals surface area contributed by atoms with Crippen LogP contribution in [0.3, 0.4) is 0 Å². The Morgan fingerprint density at radius 3 is 2.71 bits per heavy atom. The Morgan fingerprint density at radius 1 is 1.19 bits per heavy atom. The van der Waals surface area contributed by atoms with Gasteiger partial charge >= 0.3 is 0 Å². The number of hydrogen-bond donors (Lipinski definition) is 0. The summed E-state index contributed by atoms with van der Waals surface area (Å²) in [6.45, 7) is 3.03. The quantitative estimate of drug-likeness (QED) is 0.862. The zero-order chi connectivity index (χ0) is 14.7. The number of ketones is 1. The lowest BCUT2D eigenvalue weighted by atomic mass is 9.92. The second-order valence-electron chi connectivity index (χ2n) is 5.62. The summed E-state index contributed by atoms with van der Waals surface area (Å²) < 4.78 is 0. The molecule has 1 aliphatic rings. The van der Waals surface area contributed by atoms with E-state index in [1.807, 2.05) is 18.3 Å². The van der Waals surface area contributed by atoms with Crippen LogP contribution in [-0.2, 0) is 4.79 Å². The summed E-state index contributed by atoms with van der Waals surface area (Å²) in [5, 5.41) is 0. The minimum Gasteiger partial charge on any atom is -0.300 e. The molecule has 0 aliphatic carbocycles. The molecule has 3 nitrogen and oxygen atoms in total. The van der Waals surface area contributed by atoms with Crippen LogP contribution in [0, 0.1) is 0 Å². The van der Waals surface area contributed by atoms with Crippen LogP contribution in [0.4, 0.5) is 0 Å². The number of Topliss-reactive ketones (excluding diaryl/α,β-unsaturated/α-hetero) is 1. The van der Waals surface area contributed by atoms with E-state index in [1.165, 1.54) is 5.56 Å². The number of benzene rings is 1. The molecule has 1 aliphatic heterocycles. The molecule has 0 N–H and O–H groups in total. The summed E-state index contributed by atoms with van der Waals surface area (Å²) in [6.07, 6.45) is 4.89. The molecule has 21 heavy (non-hydrogen) atoms. The SMILES string of the molecule is CC(c1ccccc1)N1CCC(=O)CC1c1cccnc1. The third-order valence-electron chi connectivity index (χ3n) is 4.32. The summed E-state index contributed by atoms with van der Waals surface area (Å²) in [7, 11) is 0. The maximum Gasteiger partial charge on any atom is 0.136 e. The number of likely N-dealkylation sites (tertiary alicyclic amines) is 1. The highest BCUT2D eigenvalue weighted by Gasteiger charge is 2.31. The number of carbonyl (C=O) groups excluding carboxylic acids is 1. The molecule has 2 heterocycles. The van der Waals surface area contributed by atoms with Gasteiger partial charge in [0.05, 0.1) is 0 Å². The van der Waals surface area contributed by atoms with Gasteiger partial charge in [0, 0.05) is 43.9 Å². The number of rotatable bonds is 3. The Labute approximate surface area is 125 Å². The van der Waals surface area contributed by atoms with Gasteiger partial charge in [0.2, 0.25) is 0 Å². The molecule has 2 atom stereocenters. The van der Waals surface area contributed by atoms with E-state index in [2.05, 4.69) is 47.1 Å². The standard InChI is InChI=1S/C18H20N2O/c1-14(15-6-3-2-4-7-15)20-11-9-17(21)12-18(20)16-8-5-10-19-13-16/h2-8,10,13-14,18H,9,11-12H2,1H3. The summed E-state index contributed by atoms with van der Waals surface area (Å²) in [5.74, 6) is 0.348. The van der Waals surface area contributed by atoms with Crippen molar-refractivity contribution >= 4 is 5.78 Å². The van der Waals surface area contributed by atoms with Gasteiger partial charge in [-0.05, 0) is 24.1 Å². The smallest absolute Gasteiger partial charge is 0.136 e. The fourth-order valence-electron chi connectivity index (χ4n) is 3.11. The molecule has 0 spiro atoms. The molecule has 0 bridgehead atoms. The van der Waals surface area contributed by atoms with E-state index in [0.717, 1.165) is 12.1 Å². The fraction of sp³-hybridized carbons (Fsp3) is 0.333. The van der Waals surface area contributed by atoms with Crippen molar-refractivity contribution in [1.82, 2.24) is 9.88 Å². The number of hydrogen-bond acceptors (Lipinski definition) is 3. The molecule has 3 heteroatoms. The van der Waals surface area contributed by atoms with E-state index in [0.29, 0.717) is 24.7 Å². The number of aromatic nitrogens is 1. The molecule has 0 radical (unpaired) electrons. The summed E-state index contributed by atoms with van der Waals surface area (Å²) >= 11 is 0. The normalized spacial score (nSPS) is 21.2. The first-order valence-electron chi connectivity index (χ1n) is 7.48. The van der Waals surface area contributed by atoms with Crippen LogP contribution in [0.15, 0.2) is 54.9 Å². The molecular weight excluding hydrogens is 260 g/mol. The lowest BCUT2D eigenvalue weighted by molar-refractivity contribution is -0.124. The van der Waals surface area contributed by atoms with E-state index in [4.69, 9.17) is 0 Å². The maximum atomic E-state index is 11.9. The average molecular weight is 280 g/mol. The molecule has 0 saturated carbocycles. The van der Waals surface area contributed by atoms with Gasteiger partial charge in [-0.1, -0.05) is 36.4 Å². The first kappa shape index (κ1) is 14.0. The molecule has 1 aromatic carbocycles. The zero-order valence-corrected chi connectivity index (χ0v) is 12.3. The predicted molar refractivity (Wildman–Crippen MR) is 82.8 cm³/mol. The van der Waals surface area contributed by atoms with Crippen molar-refractivity contribution in [2.75, 3.05) is 6.54 Å². The van der Waals surface area contributed by atoms with Crippen LogP contribution in [0.5, 0.6) is 0 Å². The Bertz CT molecular complexity index is 597. The number of carbonyl (C=O) groups is 1. The van der Waals surface area contributed by atoms with Gasteiger partial charge in [-0.15, -0.1) is 0 Å². The first-order valence-corrected chi connectivity index (χ1v) is 7.48. The van der Waals surface area contributed by atoms with Gasteiger partial charge in [-0.3, -0.25) is 14.7 Å². The zero-order valence-electron chi connectivity index (χ0n) is 12.3. The van der Waals surface area contributed by atoms with Crippen LogP contribution in [-0.4, -0.2) is 22.2 Å². The fourth-order valence-corrected chi connectivity index (χ4v) is 3.11. The molecule has 1 aromatic heterocycles. The van der Waals surface area contributed by atoms with Crippen LogP contribution >= 0.6 is 0 Å². The van der Waals surface area contributed by atoms with Gasteiger partial charge in [0.15, 0.2) is 0 Å². The molecular formula is C18H20N2O. The van der Waals surface area contributed by atoms with E-state index in [-0.39, 0.29) is 6.04 Å². The Kier molecular flexibility index (Phi) is 4.11. The average Bonchev–Trinajstić information content (AvgIpc) is 2.56. The van der Waals surface area contributed by atoms with Crippen molar-refractivity contribution < 1.29 is 4.79 Å². The molecule has 1 saturated heterocycles. The van der Waals surface area contributed by atoms with E-state index < -0.39 is 0 Å². The predicted octanol–water partition coefficient (Wildman–Crippen LogP) is 3.55. The van der Waals surface area contributed by atoms with Crippen LogP contribution < -0.4 is 0 Å². The van der Waals surface area contributed by atoms with Crippen molar-refractivity contribution in [3.63, 3.8) is 0 Å². The van der Waals surface area contributed by atoms with Gasteiger partial charge in [0.25, 0.3) is 0 Å². The Balaban J connectivity index is 1.89. The Morgan fingerprint density at radius 2 is 2.00 bits per heavy atom. The van der Waals surface area contributed by atoms with E-state index in [9.17, 15) is 4.79 Å². The third kappa shape index (κ3) is 3.03. The third-order valence-corrected chi connectivity index (χ3v) is 4.32. The summed E-state index contributed by atoms with van der Waals surface area (Å²) in [6, 6.07) is 14.9. The van der Waals surface area contributed by atoms with Crippen LogP contribution in [0.1, 0.15) is 43.0 Å². The maximum absolute atomic E-state index is 11.9. The highest BCUT2D eigenvalue weighted by Crippen LogP contribution is 2.35. The topological polar surface area (TPSA) is 33.2 Å². The summed E-state index contributed by atoms with van der Waals surface area (Å²) in [5.41, 5.74) is 2.43. The second-order valence-corrected chi connectivity index (χ2v) is 5.62. The van der Waals surface area contributed by atoms with Gasteiger partial charge < -0.3 is 0 Å². The van der Waals surface area contributed by atoms with Crippen molar-refractivity contribution in [3.8, 4) is 0 Å². The van der Waals surface area contributed by atoms with Crippen LogP contribution in [0.25, 0.3) is 0 Å². The first-order chi connectivity index (χ1) is 10.3. The molecule has 1 fully saturated rings. The van der Waals surface area contributed by atoms with Gasteiger partial charge in [-0.25, -0.2) is 0 Å². The number of nitrogens with zero attached hydrogens (tertiary/aromatic N) is 2. The molecule has 0 amide bonds. The van der Waals surface area contributed by atoms with Crippen molar-refractivity contribution in [3.05, 3.63) is 66.0 Å². The number of piperidine rings is 1. The van der Waals surface area contributed by atoms with E-state index >= 15 is 0 Å². The number of pyridine rings is 1.